The minimum atomic E-state index is -3.27. The Balaban J connectivity index is 2.13. The third-order valence-corrected chi connectivity index (χ3v) is 5.50. The van der Waals surface area contributed by atoms with E-state index in [1.165, 1.54) is 0 Å². The van der Waals surface area contributed by atoms with E-state index < -0.39 is 10.0 Å². The maximum absolute atomic E-state index is 12.5. The van der Waals surface area contributed by atoms with E-state index in [9.17, 15) is 8.42 Å². The van der Waals surface area contributed by atoms with Crippen LogP contribution in [-0.2, 0) is 15.8 Å². The van der Waals surface area contributed by atoms with Crippen molar-refractivity contribution >= 4 is 10.0 Å². The van der Waals surface area contributed by atoms with Crippen LogP contribution in [0.15, 0.2) is 24.3 Å². The molecule has 1 fully saturated rings. The predicted octanol–water partition coefficient (Wildman–Crippen LogP) is 1.21. The van der Waals surface area contributed by atoms with Crippen molar-refractivity contribution in [2.24, 2.45) is 0 Å². The Hall–Kier alpha value is -1.11. The van der Waals surface area contributed by atoms with E-state index in [4.69, 9.17) is 4.74 Å². The van der Waals surface area contributed by atoms with Crippen molar-refractivity contribution in [1.82, 2.24) is 9.62 Å². The molecule has 20 heavy (non-hydrogen) atoms. The molecule has 5 nitrogen and oxygen atoms in total. The molecule has 0 radical (unpaired) electrons. The summed E-state index contributed by atoms with van der Waals surface area (Å²) in [7, 11) is 0.161. The first-order chi connectivity index (χ1) is 9.56. The SMILES string of the molecule is CNCC1CCCN1S(=O)(=O)Cc1cccc(OC)c1. The maximum Gasteiger partial charge on any atom is 0.218 e. The molecule has 1 aliphatic heterocycles. The van der Waals surface area contributed by atoms with Crippen LogP contribution in [0.5, 0.6) is 5.75 Å². The van der Waals surface area contributed by atoms with Gasteiger partial charge in [-0.05, 0) is 37.6 Å². The Bertz CT molecular complexity index is 545. The fraction of sp³-hybridized carbons (Fsp3) is 0.571. The molecule has 1 aliphatic rings. The Morgan fingerprint density at radius 2 is 2.25 bits per heavy atom. The molecule has 0 aromatic heterocycles. The van der Waals surface area contributed by atoms with Gasteiger partial charge in [0.2, 0.25) is 10.0 Å². The first-order valence-electron chi connectivity index (χ1n) is 6.84. The normalized spacial score (nSPS) is 20.2. The van der Waals surface area contributed by atoms with E-state index in [0.717, 1.165) is 18.4 Å². The second kappa shape index (κ2) is 6.56. The summed E-state index contributed by atoms with van der Waals surface area (Å²) in [6.07, 6.45) is 1.86. The number of methoxy groups -OCH3 is 1. The molecule has 1 aromatic rings. The van der Waals surface area contributed by atoms with Crippen LogP contribution >= 0.6 is 0 Å². The van der Waals surface area contributed by atoms with E-state index >= 15 is 0 Å². The average Bonchev–Trinajstić information content (AvgIpc) is 2.88. The molecule has 0 spiro atoms. The van der Waals surface area contributed by atoms with Gasteiger partial charge in [-0.15, -0.1) is 0 Å². The zero-order chi connectivity index (χ0) is 14.6. The number of rotatable bonds is 6. The van der Waals surface area contributed by atoms with E-state index in [1.807, 2.05) is 25.2 Å². The van der Waals surface area contributed by atoms with Gasteiger partial charge in [0.25, 0.3) is 0 Å². The van der Waals surface area contributed by atoms with Gasteiger partial charge < -0.3 is 10.1 Å². The standard InChI is InChI=1S/C14H22N2O3S/c1-15-10-13-6-4-8-16(13)20(17,18)11-12-5-3-7-14(9-12)19-2/h3,5,7,9,13,15H,4,6,8,10-11H2,1-2H3. The number of nitrogens with one attached hydrogen (secondary N) is 1. The molecule has 1 atom stereocenters. The van der Waals surface area contributed by atoms with Crippen molar-refractivity contribution in [2.45, 2.75) is 24.6 Å². The number of hydrogen-bond acceptors (Lipinski definition) is 4. The summed E-state index contributed by atoms with van der Waals surface area (Å²) in [4.78, 5) is 0. The summed E-state index contributed by atoms with van der Waals surface area (Å²) in [5.74, 6) is 0.718. The Kier molecular flexibility index (Phi) is 5.01. The third-order valence-electron chi connectivity index (χ3n) is 3.60. The molecule has 112 valence electrons. The highest BCUT2D eigenvalue weighted by molar-refractivity contribution is 7.88. The largest absolute Gasteiger partial charge is 0.497 e. The Morgan fingerprint density at radius 1 is 1.45 bits per heavy atom. The summed E-state index contributed by atoms with van der Waals surface area (Å²) in [6, 6.07) is 7.31. The lowest BCUT2D eigenvalue weighted by Gasteiger charge is -2.24. The van der Waals surface area contributed by atoms with Crippen LogP contribution < -0.4 is 10.1 Å². The second-order valence-electron chi connectivity index (χ2n) is 5.07. The quantitative estimate of drug-likeness (QED) is 0.857. The number of sulfonamides is 1. The molecule has 0 aliphatic carbocycles. The van der Waals surface area contributed by atoms with Gasteiger partial charge in [0.15, 0.2) is 0 Å². The zero-order valence-corrected chi connectivity index (χ0v) is 12.8. The Labute approximate surface area is 121 Å². The lowest BCUT2D eigenvalue weighted by Crippen LogP contribution is -2.41. The minimum Gasteiger partial charge on any atom is -0.497 e. The van der Waals surface area contributed by atoms with Crippen LogP contribution in [0.3, 0.4) is 0 Å². The van der Waals surface area contributed by atoms with Crippen LogP contribution in [0.4, 0.5) is 0 Å². The Morgan fingerprint density at radius 3 is 2.95 bits per heavy atom. The molecule has 1 heterocycles. The van der Waals surface area contributed by atoms with E-state index in [2.05, 4.69) is 5.32 Å². The molecule has 0 saturated carbocycles. The molecule has 1 unspecified atom stereocenters. The topological polar surface area (TPSA) is 58.6 Å². The predicted molar refractivity (Wildman–Crippen MR) is 79.3 cm³/mol. The number of benzene rings is 1. The summed E-state index contributed by atoms with van der Waals surface area (Å²) in [5, 5.41) is 3.07. The van der Waals surface area contributed by atoms with E-state index in [0.29, 0.717) is 18.8 Å². The van der Waals surface area contributed by atoms with Gasteiger partial charge in [0.05, 0.1) is 12.9 Å². The third kappa shape index (κ3) is 3.50. The zero-order valence-electron chi connectivity index (χ0n) is 12.0. The van der Waals surface area contributed by atoms with Crippen LogP contribution in [0, 0.1) is 0 Å². The lowest BCUT2D eigenvalue weighted by atomic mass is 10.2. The van der Waals surface area contributed by atoms with E-state index in [1.54, 1.807) is 17.5 Å². The van der Waals surface area contributed by atoms with E-state index in [-0.39, 0.29) is 11.8 Å². The van der Waals surface area contributed by atoms with Crippen LogP contribution in [0.2, 0.25) is 0 Å². The van der Waals surface area contributed by atoms with Crippen LogP contribution in [0.1, 0.15) is 18.4 Å². The number of hydrogen-bond donors (Lipinski definition) is 1. The van der Waals surface area contributed by atoms with Crippen molar-refractivity contribution in [3.8, 4) is 5.75 Å². The second-order valence-corrected chi connectivity index (χ2v) is 6.99. The fourth-order valence-electron chi connectivity index (χ4n) is 2.67. The minimum absolute atomic E-state index is 0.0322. The van der Waals surface area contributed by atoms with Crippen molar-refractivity contribution in [1.29, 1.82) is 0 Å². The summed E-state index contributed by atoms with van der Waals surface area (Å²) in [6.45, 7) is 1.33. The highest BCUT2D eigenvalue weighted by Gasteiger charge is 2.33. The molecular weight excluding hydrogens is 276 g/mol. The van der Waals surface area contributed by atoms with Crippen molar-refractivity contribution in [2.75, 3.05) is 27.2 Å². The first-order valence-corrected chi connectivity index (χ1v) is 8.45. The fourth-order valence-corrected chi connectivity index (χ4v) is 4.48. The molecule has 0 amide bonds. The summed E-state index contributed by atoms with van der Waals surface area (Å²) < 4.78 is 31.9. The summed E-state index contributed by atoms with van der Waals surface area (Å²) >= 11 is 0. The molecule has 1 N–H and O–H groups in total. The van der Waals surface area contributed by atoms with Gasteiger partial charge >= 0.3 is 0 Å². The maximum atomic E-state index is 12.5. The van der Waals surface area contributed by atoms with Crippen molar-refractivity contribution in [3.05, 3.63) is 29.8 Å². The number of nitrogens with zero attached hydrogens (tertiary/aromatic N) is 1. The van der Waals surface area contributed by atoms with Crippen LogP contribution in [0.25, 0.3) is 0 Å². The van der Waals surface area contributed by atoms with Crippen molar-refractivity contribution in [3.63, 3.8) is 0 Å². The molecule has 1 aromatic carbocycles. The highest BCUT2D eigenvalue weighted by Crippen LogP contribution is 2.24. The van der Waals surface area contributed by atoms with Crippen LogP contribution in [-0.4, -0.2) is 46.0 Å². The molecule has 2 rings (SSSR count). The summed E-state index contributed by atoms with van der Waals surface area (Å²) in [5.41, 5.74) is 0.763. The van der Waals surface area contributed by atoms with Gasteiger partial charge in [-0.1, -0.05) is 12.1 Å². The molecule has 6 heteroatoms. The first kappa shape index (κ1) is 15.3. The van der Waals surface area contributed by atoms with Gasteiger partial charge in [0, 0.05) is 19.1 Å². The molecule has 0 bridgehead atoms. The van der Waals surface area contributed by atoms with Gasteiger partial charge in [-0.3, -0.25) is 0 Å². The lowest BCUT2D eigenvalue weighted by molar-refractivity contribution is 0.378. The monoisotopic (exact) mass is 298 g/mol. The van der Waals surface area contributed by atoms with Gasteiger partial charge in [-0.2, -0.15) is 4.31 Å². The van der Waals surface area contributed by atoms with Crippen molar-refractivity contribution < 1.29 is 13.2 Å². The number of ether oxygens (including phenoxy) is 1. The average molecular weight is 298 g/mol. The number of likely N-dealkylation sites (N-methyl/N-ethyl adjacent to an activating group) is 1. The highest BCUT2D eigenvalue weighted by atomic mass is 32.2. The smallest absolute Gasteiger partial charge is 0.218 e. The molecular formula is C14H22N2O3S. The van der Waals surface area contributed by atoms with Gasteiger partial charge in [0.1, 0.15) is 5.75 Å². The molecule has 1 saturated heterocycles. The van der Waals surface area contributed by atoms with Gasteiger partial charge in [-0.25, -0.2) is 8.42 Å².